The Morgan fingerprint density at radius 2 is 1.96 bits per heavy atom. The van der Waals surface area contributed by atoms with Gasteiger partial charge in [0.2, 0.25) is 10.0 Å². The fraction of sp³-hybridized carbons (Fsp3) is 0.438. The number of rotatable bonds is 4. The molecule has 2 N–H and O–H groups in total. The lowest BCUT2D eigenvalue weighted by atomic mass is 9.84. The molecule has 0 radical (unpaired) electrons. The zero-order valence-corrected chi connectivity index (χ0v) is 13.8. The van der Waals surface area contributed by atoms with E-state index in [9.17, 15) is 17.2 Å². The Bertz CT molecular complexity index is 843. The van der Waals surface area contributed by atoms with Crippen LogP contribution < -0.4 is 5.14 Å². The minimum Gasteiger partial charge on any atom is -0.358 e. The maximum absolute atomic E-state index is 14.1. The van der Waals surface area contributed by atoms with E-state index in [1.165, 1.54) is 6.07 Å². The number of halogens is 2. The van der Waals surface area contributed by atoms with E-state index >= 15 is 0 Å². The van der Waals surface area contributed by atoms with Gasteiger partial charge in [-0.05, 0) is 30.5 Å². The van der Waals surface area contributed by atoms with Gasteiger partial charge in [0.15, 0.2) is 12.4 Å². The zero-order valence-electron chi connectivity index (χ0n) is 13.0. The molecule has 1 aliphatic carbocycles. The van der Waals surface area contributed by atoms with Crippen LogP contribution >= 0.6 is 0 Å². The summed E-state index contributed by atoms with van der Waals surface area (Å²) in [5.41, 5.74) is 1.38. The van der Waals surface area contributed by atoms with E-state index in [0.717, 1.165) is 44.2 Å². The molecule has 24 heavy (non-hydrogen) atoms. The average Bonchev–Trinajstić information content (AvgIpc) is 2.98. The average molecular weight is 356 g/mol. The maximum atomic E-state index is 14.1. The second-order valence-corrected chi connectivity index (χ2v) is 7.55. The van der Waals surface area contributed by atoms with Gasteiger partial charge in [-0.3, -0.25) is 0 Å². The number of primary sulfonamides is 1. The number of hydrogen-bond acceptors (Lipinski definition) is 4. The number of sulfonamides is 1. The van der Waals surface area contributed by atoms with Gasteiger partial charge in [0.25, 0.3) is 0 Å². The summed E-state index contributed by atoms with van der Waals surface area (Å²) in [7, 11) is -4.15. The highest BCUT2D eigenvalue weighted by Crippen LogP contribution is 2.40. The monoisotopic (exact) mass is 356 g/mol. The summed E-state index contributed by atoms with van der Waals surface area (Å²) in [4.78, 5) is -0.594. The van der Waals surface area contributed by atoms with Crippen LogP contribution in [-0.4, -0.2) is 13.6 Å². The Morgan fingerprint density at radius 3 is 2.54 bits per heavy atom. The van der Waals surface area contributed by atoms with E-state index in [1.807, 2.05) is 0 Å². The van der Waals surface area contributed by atoms with Crippen LogP contribution in [0.4, 0.5) is 8.78 Å². The van der Waals surface area contributed by atoms with Gasteiger partial charge in [0.1, 0.15) is 10.7 Å². The molecule has 1 aliphatic rings. The van der Waals surface area contributed by atoms with Crippen molar-refractivity contribution in [2.24, 2.45) is 5.14 Å². The van der Waals surface area contributed by atoms with Gasteiger partial charge in [-0.2, -0.15) is 0 Å². The molecule has 2 aromatic rings. The van der Waals surface area contributed by atoms with Crippen LogP contribution in [0.25, 0.3) is 11.1 Å². The Hall–Kier alpha value is -1.80. The van der Waals surface area contributed by atoms with Crippen LogP contribution in [0.15, 0.2) is 27.6 Å². The van der Waals surface area contributed by atoms with Crippen molar-refractivity contribution in [3.63, 3.8) is 0 Å². The highest BCUT2D eigenvalue weighted by Gasteiger charge is 2.27. The molecule has 0 aliphatic heterocycles. The minimum absolute atomic E-state index is 0.0262. The third-order valence-corrected chi connectivity index (χ3v) is 5.37. The van der Waals surface area contributed by atoms with Gasteiger partial charge in [0.05, 0.1) is 11.3 Å². The first-order valence-electron chi connectivity index (χ1n) is 7.79. The summed E-state index contributed by atoms with van der Waals surface area (Å²) in [6.45, 7) is -0.867. The van der Waals surface area contributed by atoms with Crippen LogP contribution in [0.3, 0.4) is 0 Å². The molecule has 1 heterocycles. The van der Waals surface area contributed by atoms with Crippen molar-refractivity contribution < 1.29 is 21.7 Å². The zero-order chi connectivity index (χ0) is 17.3. The molecule has 0 saturated heterocycles. The van der Waals surface area contributed by atoms with Crippen molar-refractivity contribution in [3.05, 3.63) is 35.5 Å². The van der Waals surface area contributed by atoms with Crippen LogP contribution in [0.2, 0.25) is 0 Å². The normalized spacial score (nSPS) is 16.5. The second kappa shape index (κ2) is 6.60. The molecule has 8 heteroatoms. The largest absolute Gasteiger partial charge is 0.358 e. The van der Waals surface area contributed by atoms with Gasteiger partial charge in [-0.25, -0.2) is 22.3 Å². The Balaban J connectivity index is 2.08. The quantitative estimate of drug-likeness (QED) is 0.906. The first-order chi connectivity index (χ1) is 11.4. The fourth-order valence-electron chi connectivity index (χ4n) is 3.28. The summed E-state index contributed by atoms with van der Waals surface area (Å²) in [6.07, 6.45) is 5.10. The first-order valence-corrected chi connectivity index (χ1v) is 9.33. The van der Waals surface area contributed by atoms with E-state index in [-0.39, 0.29) is 11.7 Å². The first kappa shape index (κ1) is 17.0. The standard InChI is InChI=1S/C16H18F2N2O3S/c17-9-13-15(16(20-23-13)10-4-2-1-3-5-10)11-6-7-14(12(18)8-11)24(19,21)22/h6-8,10H,1-5,9H2,(H2,19,21,22). The number of nitrogens with two attached hydrogens (primary N) is 1. The van der Waals surface area contributed by atoms with E-state index in [1.54, 1.807) is 0 Å². The molecule has 0 unspecified atom stereocenters. The minimum atomic E-state index is -4.15. The maximum Gasteiger partial charge on any atom is 0.240 e. The van der Waals surface area contributed by atoms with Crippen LogP contribution in [0.5, 0.6) is 0 Å². The number of hydrogen-bond donors (Lipinski definition) is 1. The summed E-state index contributed by atoms with van der Waals surface area (Å²) in [6, 6.07) is 3.53. The fourth-order valence-corrected chi connectivity index (χ4v) is 3.87. The molecule has 1 fully saturated rings. The van der Waals surface area contributed by atoms with E-state index in [2.05, 4.69) is 5.16 Å². The molecule has 3 rings (SSSR count). The van der Waals surface area contributed by atoms with Crippen LogP contribution in [0, 0.1) is 5.82 Å². The van der Waals surface area contributed by atoms with Crippen LogP contribution in [0.1, 0.15) is 49.5 Å². The van der Waals surface area contributed by atoms with E-state index < -0.39 is 27.4 Å². The van der Waals surface area contributed by atoms with E-state index in [4.69, 9.17) is 9.66 Å². The molecule has 0 bridgehead atoms. The van der Waals surface area contributed by atoms with Crippen molar-refractivity contribution in [2.45, 2.75) is 49.6 Å². The third-order valence-electron chi connectivity index (χ3n) is 4.43. The SMILES string of the molecule is NS(=O)(=O)c1ccc(-c2c(C3CCCCC3)noc2CF)cc1F. The molecular formula is C16H18F2N2O3S. The smallest absolute Gasteiger partial charge is 0.240 e. The lowest BCUT2D eigenvalue weighted by molar-refractivity contribution is 0.320. The van der Waals surface area contributed by atoms with Crippen molar-refractivity contribution in [1.82, 2.24) is 5.16 Å². The van der Waals surface area contributed by atoms with Gasteiger partial charge >= 0.3 is 0 Å². The number of benzene rings is 1. The highest BCUT2D eigenvalue weighted by molar-refractivity contribution is 7.89. The van der Waals surface area contributed by atoms with Crippen molar-refractivity contribution >= 4 is 10.0 Å². The van der Waals surface area contributed by atoms with Gasteiger partial charge in [-0.1, -0.05) is 30.5 Å². The van der Waals surface area contributed by atoms with Gasteiger partial charge < -0.3 is 4.52 Å². The van der Waals surface area contributed by atoms with Crippen LogP contribution in [-0.2, 0) is 16.7 Å². The molecule has 0 atom stereocenters. The number of aromatic nitrogens is 1. The topological polar surface area (TPSA) is 86.2 Å². The second-order valence-electron chi connectivity index (χ2n) is 6.02. The van der Waals surface area contributed by atoms with Crippen molar-refractivity contribution in [3.8, 4) is 11.1 Å². The number of nitrogens with zero attached hydrogens (tertiary/aromatic N) is 1. The molecule has 1 aromatic heterocycles. The summed E-state index contributed by atoms with van der Waals surface area (Å²) < 4.78 is 55.2. The molecule has 1 saturated carbocycles. The van der Waals surface area contributed by atoms with Gasteiger partial charge in [-0.15, -0.1) is 0 Å². The lowest BCUT2D eigenvalue weighted by Crippen LogP contribution is -2.14. The Kier molecular flexibility index (Phi) is 4.69. The summed E-state index contributed by atoms with van der Waals surface area (Å²) in [5.74, 6) is -0.812. The van der Waals surface area contributed by atoms with Gasteiger partial charge in [0, 0.05) is 5.92 Å². The predicted molar refractivity (Wildman–Crippen MR) is 83.9 cm³/mol. The summed E-state index contributed by atoms with van der Waals surface area (Å²) >= 11 is 0. The number of alkyl halides is 1. The third kappa shape index (κ3) is 3.21. The molecule has 130 valence electrons. The van der Waals surface area contributed by atoms with E-state index in [0.29, 0.717) is 16.8 Å². The molecule has 0 amide bonds. The molecule has 0 spiro atoms. The lowest BCUT2D eigenvalue weighted by Gasteiger charge is -2.20. The predicted octanol–water partition coefficient (Wildman–Crippen LogP) is 3.65. The summed E-state index contributed by atoms with van der Waals surface area (Å²) in [5, 5.41) is 8.98. The highest BCUT2D eigenvalue weighted by atomic mass is 32.2. The molecule has 1 aromatic carbocycles. The van der Waals surface area contributed by atoms with Crippen molar-refractivity contribution in [2.75, 3.05) is 0 Å². The van der Waals surface area contributed by atoms with Crippen molar-refractivity contribution in [1.29, 1.82) is 0 Å². The Labute approximate surface area is 138 Å². The molecular weight excluding hydrogens is 338 g/mol. The molecule has 5 nitrogen and oxygen atoms in total. The Morgan fingerprint density at radius 1 is 1.25 bits per heavy atom.